The van der Waals surface area contributed by atoms with Crippen LogP contribution in [0.3, 0.4) is 0 Å². The lowest BCUT2D eigenvalue weighted by atomic mass is 10.2. The van der Waals surface area contributed by atoms with Crippen LogP contribution in [0, 0.1) is 0 Å². The number of thioether (sulfide) groups is 1. The van der Waals surface area contributed by atoms with E-state index >= 15 is 0 Å². The van der Waals surface area contributed by atoms with Crippen LogP contribution in [0.25, 0.3) is 0 Å². The zero-order valence-corrected chi connectivity index (χ0v) is 11.2. The van der Waals surface area contributed by atoms with Gasteiger partial charge in [0.1, 0.15) is 0 Å². The summed E-state index contributed by atoms with van der Waals surface area (Å²) in [6.45, 7) is 0. The van der Waals surface area contributed by atoms with E-state index in [2.05, 4.69) is 15.7 Å². The van der Waals surface area contributed by atoms with Crippen molar-refractivity contribution in [3.05, 3.63) is 48.2 Å². The van der Waals surface area contributed by atoms with Crippen LogP contribution in [0.4, 0.5) is 11.5 Å². The van der Waals surface area contributed by atoms with Gasteiger partial charge in [-0.15, -0.1) is 11.8 Å². The maximum atomic E-state index is 12.1. The Morgan fingerprint density at radius 1 is 1.26 bits per heavy atom. The molecule has 0 saturated heterocycles. The molecule has 4 N–H and O–H groups in total. The Balaban J connectivity index is 2.16. The summed E-state index contributed by atoms with van der Waals surface area (Å²) in [5, 5.41) is 2.80. The lowest BCUT2D eigenvalue weighted by Gasteiger charge is -2.08. The highest BCUT2D eigenvalue weighted by molar-refractivity contribution is 7.98. The number of nitrogens with two attached hydrogens (primary N) is 1. The Hall–Kier alpha value is -2.05. The zero-order valence-electron chi connectivity index (χ0n) is 10.4. The van der Waals surface area contributed by atoms with Crippen LogP contribution >= 0.6 is 11.8 Å². The van der Waals surface area contributed by atoms with E-state index in [1.165, 1.54) is 0 Å². The molecule has 1 aromatic heterocycles. The maximum Gasteiger partial charge on any atom is 0.259 e. The van der Waals surface area contributed by atoms with Crippen LogP contribution in [-0.2, 0) is 0 Å². The summed E-state index contributed by atoms with van der Waals surface area (Å²) in [6, 6.07) is 11.0. The second-order valence-electron chi connectivity index (χ2n) is 3.73. The third-order valence-electron chi connectivity index (χ3n) is 2.54. The molecule has 0 unspecified atom stereocenters. The molecular formula is C13H14N4OS. The van der Waals surface area contributed by atoms with Gasteiger partial charge in [-0.1, -0.05) is 0 Å². The van der Waals surface area contributed by atoms with Crippen molar-refractivity contribution in [1.29, 1.82) is 0 Å². The fraction of sp³-hybridized carbons (Fsp3) is 0.0769. The van der Waals surface area contributed by atoms with Gasteiger partial charge in [0, 0.05) is 16.8 Å². The maximum absolute atomic E-state index is 12.1. The zero-order chi connectivity index (χ0) is 13.7. The Labute approximate surface area is 115 Å². The molecule has 0 atom stereocenters. The lowest BCUT2D eigenvalue weighted by Crippen LogP contribution is -2.18. The first-order chi connectivity index (χ1) is 9.24. The van der Waals surface area contributed by atoms with E-state index in [0.717, 1.165) is 10.6 Å². The van der Waals surface area contributed by atoms with E-state index in [-0.39, 0.29) is 5.91 Å². The Morgan fingerprint density at radius 2 is 2.00 bits per heavy atom. The summed E-state index contributed by atoms with van der Waals surface area (Å²) in [4.78, 5) is 17.2. The molecule has 0 aliphatic rings. The quantitative estimate of drug-likeness (QED) is 0.453. The monoisotopic (exact) mass is 274 g/mol. The Kier molecular flexibility index (Phi) is 4.38. The second-order valence-corrected chi connectivity index (χ2v) is 4.61. The van der Waals surface area contributed by atoms with Crippen molar-refractivity contribution in [2.45, 2.75) is 4.90 Å². The van der Waals surface area contributed by atoms with E-state index in [9.17, 15) is 4.79 Å². The largest absolute Gasteiger partial charge is 0.322 e. The molecule has 19 heavy (non-hydrogen) atoms. The van der Waals surface area contributed by atoms with Crippen molar-refractivity contribution in [3.63, 3.8) is 0 Å². The van der Waals surface area contributed by atoms with E-state index < -0.39 is 0 Å². The molecule has 0 aliphatic carbocycles. The fourth-order valence-corrected chi connectivity index (χ4v) is 1.98. The first-order valence-corrected chi connectivity index (χ1v) is 6.84. The number of amides is 1. The summed E-state index contributed by atoms with van der Waals surface area (Å²) in [5.74, 6) is 5.42. The predicted molar refractivity (Wildman–Crippen MR) is 78.2 cm³/mol. The Morgan fingerprint density at radius 3 is 2.63 bits per heavy atom. The molecule has 2 aromatic rings. The fourth-order valence-electron chi connectivity index (χ4n) is 1.58. The second kappa shape index (κ2) is 6.21. The number of pyridine rings is 1. The van der Waals surface area contributed by atoms with Crippen LogP contribution in [0.15, 0.2) is 47.5 Å². The molecular weight excluding hydrogens is 260 g/mol. The number of carbonyl (C=O) groups excluding carboxylic acids is 1. The third-order valence-corrected chi connectivity index (χ3v) is 3.28. The number of carbonyl (C=O) groups is 1. The molecule has 98 valence electrons. The predicted octanol–water partition coefficient (Wildman–Crippen LogP) is 2.34. The number of nitrogen functional groups attached to an aromatic ring is 1. The molecule has 1 aromatic carbocycles. The van der Waals surface area contributed by atoms with Gasteiger partial charge in [-0.3, -0.25) is 4.79 Å². The first kappa shape index (κ1) is 13.4. The van der Waals surface area contributed by atoms with Gasteiger partial charge in [0.05, 0.1) is 5.56 Å². The average molecular weight is 274 g/mol. The molecule has 6 heteroatoms. The van der Waals surface area contributed by atoms with E-state index in [1.807, 2.05) is 30.5 Å². The smallest absolute Gasteiger partial charge is 0.259 e. The highest BCUT2D eigenvalue weighted by Crippen LogP contribution is 2.19. The van der Waals surface area contributed by atoms with Crippen LogP contribution in [-0.4, -0.2) is 17.1 Å². The van der Waals surface area contributed by atoms with Gasteiger partial charge in [-0.25, -0.2) is 10.8 Å². The number of hydrazine groups is 1. The molecule has 0 fully saturated rings. The van der Waals surface area contributed by atoms with Crippen molar-refractivity contribution in [2.24, 2.45) is 5.84 Å². The number of benzene rings is 1. The van der Waals surface area contributed by atoms with Gasteiger partial charge in [0.2, 0.25) is 0 Å². The normalized spacial score (nSPS) is 10.0. The number of nitrogens with zero attached hydrogens (tertiary/aromatic N) is 1. The van der Waals surface area contributed by atoms with Crippen LogP contribution in [0.5, 0.6) is 0 Å². The Bertz CT molecular complexity index is 571. The van der Waals surface area contributed by atoms with Crippen molar-refractivity contribution in [3.8, 4) is 0 Å². The number of hydrogen-bond acceptors (Lipinski definition) is 5. The van der Waals surface area contributed by atoms with Crippen LogP contribution in [0.1, 0.15) is 10.4 Å². The standard InChI is InChI=1S/C13H14N4OS/c1-19-10-6-4-9(5-7-10)16-13(18)11-3-2-8-15-12(11)17-14/h2-8H,14H2,1H3,(H,15,17)(H,16,18). The average Bonchev–Trinajstić information content (AvgIpc) is 2.48. The summed E-state index contributed by atoms with van der Waals surface area (Å²) < 4.78 is 0. The molecule has 1 amide bonds. The molecule has 0 aliphatic heterocycles. The number of aromatic nitrogens is 1. The number of anilines is 2. The highest BCUT2D eigenvalue weighted by atomic mass is 32.2. The van der Waals surface area contributed by atoms with Gasteiger partial charge >= 0.3 is 0 Å². The van der Waals surface area contributed by atoms with Gasteiger partial charge < -0.3 is 10.7 Å². The number of nitrogens with one attached hydrogen (secondary N) is 2. The number of hydrogen-bond donors (Lipinski definition) is 3. The lowest BCUT2D eigenvalue weighted by molar-refractivity contribution is 0.102. The summed E-state index contributed by atoms with van der Waals surface area (Å²) in [5.41, 5.74) is 3.54. The highest BCUT2D eigenvalue weighted by Gasteiger charge is 2.11. The van der Waals surface area contributed by atoms with Crippen molar-refractivity contribution < 1.29 is 4.79 Å². The van der Waals surface area contributed by atoms with Gasteiger partial charge in [-0.2, -0.15) is 0 Å². The minimum Gasteiger partial charge on any atom is -0.322 e. The molecule has 0 spiro atoms. The van der Waals surface area contributed by atoms with Crippen molar-refractivity contribution >= 4 is 29.2 Å². The molecule has 5 nitrogen and oxygen atoms in total. The molecule has 0 radical (unpaired) electrons. The SMILES string of the molecule is CSc1ccc(NC(=O)c2cccnc2NN)cc1. The summed E-state index contributed by atoms with van der Waals surface area (Å²) >= 11 is 1.65. The van der Waals surface area contributed by atoms with Gasteiger partial charge in [0.25, 0.3) is 5.91 Å². The van der Waals surface area contributed by atoms with Crippen LogP contribution < -0.4 is 16.6 Å². The first-order valence-electron chi connectivity index (χ1n) is 5.61. The molecule has 1 heterocycles. The van der Waals surface area contributed by atoms with E-state index in [0.29, 0.717) is 11.4 Å². The third kappa shape index (κ3) is 3.24. The molecule has 0 saturated carbocycles. The van der Waals surface area contributed by atoms with E-state index in [1.54, 1.807) is 30.1 Å². The topological polar surface area (TPSA) is 80.0 Å². The molecule has 2 rings (SSSR count). The van der Waals surface area contributed by atoms with E-state index in [4.69, 9.17) is 5.84 Å². The molecule has 0 bridgehead atoms. The van der Waals surface area contributed by atoms with Crippen LogP contribution in [0.2, 0.25) is 0 Å². The van der Waals surface area contributed by atoms with Gasteiger partial charge in [0.15, 0.2) is 5.82 Å². The van der Waals surface area contributed by atoms with Crippen molar-refractivity contribution in [2.75, 3.05) is 17.0 Å². The minimum atomic E-state index is -0.252. The van der Waals surface area contributed by atoms with Crippen molar-refractivity contribution in [1.82, 2.24) is 4.98 Å². The number of rotatable bonds is 4. The summed E-state index contributed by atoms with van der Waals surface area (Å²) in [7, 11) is 0. The van der Waals surface area contributed by atoms with Gasteiger partial charge in [-0.05, 0) is 42.7 Å². The minimum absolute atomic E-state index is 0.252. The summed E-state index contributed by atoms with van der Waals surface area (Å²) in [6.07, 6.45) is 3.57.